The minimum absolute atomic E-state index is 0.247. The van der Waals surface area contributed by atoms with E-state index in [1.54, 1.807) is 6.07 Å². The van der Waals surface area contributed by atoms with Crippen LogP contribution in [0.5, 0.6) is 0 Å². The van der Waals surface area contributed by atoms with Crippen molar-refractivity contribution in [2.45, 2.75) is 19.4 Å². The van der Waals surface area contributed by atoms with Crippen molar-refractivity contribution in [3.63, 3.8) is 0 Å². The molecule has 0 spiro atoms. The highest BCUT2D eigenvalue weighted by atomic mass is 19.1. The van der Waals surface area contributed by atoms with Crippen LogP contribution in [0.2, 0.25) is 0 Å². The average molecular weight is 223 g/mol. The Morgan fingerprint density at radius 1 is 1.62 bits per heavy atom. The number of rotatable bonds is 3. The minimum atomic E-state index is -0.280. The summed E-state index contributed by atoms with van der Waals surface area (Å²) in [6.07, 6.45) is 2.43. The molecule has 2 rings (SSSR count). The molecule has 2 atom stereocenters. The summed E-state index contributed by atoms with van der Waals surface area (Å²) in [5, 5.41) is 0. The van der Waals surface area contributed by atoms with Gasteiger partial charge in [-0.3, -0.25) is 9.88 Å². The molecule has 0 radical (unpaired) electrons. The molecule has 0 aromatic carbocycles. The lowest BCUT2D eigenvalue weighted by Gasteiger charge is -2.23. The summed E-state index contributed by atoms with van der Waals surface area (Å²) in [6, 6.07) is 3.47. The maximum absolute atomic E-state index is 12.8. The summed E-state index contributed by atoms with van der Waals surface area (Å²) in [5.74, 6) is 0.320. The lowest BCUT2D eigenvalue weighted by molar-refractivity contribution is 0.249. The SMILES string of the molecule is CC(c1ccc(F)cn1)N1CCC(CN)C1. The Balaban J connectivity index is 2.02. The van der Waals surface area contributed by atoms with Gasteiger partial charge in [-0.25, -0.2) is 4.39 Å². The number of halogens is 1. The molecule has 0 amide bonds. The Labute approximate surface area is 95.5 Å². The fraction of sp³-hybridized carbons (Fsp3) is 0.583. The zero-order valence-electron chi connectivity index (χ0n) is 9.56. The van der Waals surface area contributed by atoms with Gasteiger partial charge < -0.3 is 5.73 Å². The van der Waals surface area contributed by atoms with Crippen LogP contribution in [0.1, 0.15) is 25.1 Å². The number of hydrogen-bond donors (Lipinski definition) is 1. The Hall–Kier alpha value is -1.00. The van der Waals surface area contributed by atoms with Gasteiger partial charge >= 0.3 is 0 Å². The summed E-state index contributed by atoms with van der Waals surface area (Å²) in [6.45, 7) is 4.94. The van der Waals surface area contributed by atoms with Gasteiger partial charge in [0, 0.05) is 12.6 Å². The molecule has 16 heavy (non-hydrogen) atoms. The fourth-order valence-electron chi connectivity index (χ4n) is 2.23. The first-order valence-corrected chi connectivity index (χ1v) is 5.76. The molecule has 1 saturated heterocycles. The van der Waals surface area contributed by atoms with Crippen LogP contribution in [0, 0.1) is 11.7 Å². The van der Waals surface area contributed by atoms with Gasteiger partial charge in [0.05, 0.1) is 11.9 Å². The van der Waals surface area contributed by atoms with Gasteiger partial charge in [-0.1, -0.05) is 0 Å². The molecular weight excluding hydrogens is 205 g/mol. The van der Waals surface area contributed by atoms with Crippen LogP contribution < -0.4 is 5.73 Å². The molecule has 3 nitrogen and oxygen atoms in total. The molecule has 1 aromatic rings. The van der Waals surface area contributed by atoms with Crippen molar-refractivity contribution in [1.82, 2.24) is 9.88 Å². The molecule has 4 heteroatoms. The van der Waals surface area contributed by atoms with E-state index in [1.165, 1.54) is 12.3 Å². The number of pyridine rings is 1. The van der Waals surface area contributed by atoms with Gasteiger partial charge in [0.2, 0.25) is 0 Å². The van der Waals surface area contributed by atoms with Crippen molar-refractivity contribution < 1.29 is 4.39 Å². The Morgan fingerprint density at radius 3 is 3.00 bits per heavy atom. The van der Waals surface area contributed by atoms with E-state index in [0.717, 1.165) is 31.7 Å². The molecule has 1 aliphatic heterocycles. The van der Waals surface area contributed by atoms with Gasteiger partial charge in [0.15, 0.2) is 0 Å². The third kappa shape index (κ3) is 2.39. The van der Waals surface area contributed by atoms with E-state index in [2.05, 4.69) is 16.8 Å². The molecule has 88 valence electrons. The van der Waals surface area contributed by atoms with Crippen molar-refractivity contribution in [3.05, 3.63) is 29.8 Å². The second kappa shape index (κ2) is 4.89. The van der Waals surface area contributed by atoms with Gasteiger partial charge in [0.25, 0.3) is 0 Å². The first kappa shape index (κ1) is 11.5. The third-order valence-electron chi connectivity index (χ3n) is 3.38. The molecule has 2 heterocycles. The van der Waals surface area contributed by atoms with Crippen molar-refractivity contribution in [2.24, 2.45) is 11.7 Å². The predicted molar refractivity (Wildman–Crippen MR) is 61.3 cm³/mol. The van der Waals surface area contributed by atoms with Crippen LogP contribution >= 0.6 is 0 Å². The van der Waals surface area contributed by atoms with Crippen LogP contribution in [-0.2, 0) is 0 Å². The summed E-state index contributed by atoms with van der Waals surface area (Å²) in [5.41, 5.74) is 6.59. The van der Waals surface area contributed by atoms with Gasteiger partial charge in [-0.15, -0.1) is 0 Å². The molecule has 0 bridgehead atoms. The molecular formula is C12H18FN3. The Kier molecular flexibility index (Phi) is 3.51. The Bertz CT molecular complexity index is 339. The summed E-state index contributed by atoms with van der Waals surface area (Å²) in [7, 11) is 0. The second-order valence-electron chi connectivity index (χ2n) is 4.46. The lowest BCUT2D eigenvalue weighted by Crippen LogP contribution is -2.26. The van der Waals surface area contributed by atoms with E-state index in [0.29, 0.717) is 5.92 Å². The number of hydrogen-bond acceptors (Lipinski definition) is 3. The molecule has 2 unspecified atom stereocenters. The smallest absolute Gasteiger partial charge is 0.141 e. The minimum Gasteiger partial charge on any atom is -0.330 e. The number of likely N-dealkylation sites (tertiary alicyclic amines) is 1. The van der Waals surface area contributed by atoms with Crippen molar-refractivity contribution in [1.29, 1.82) is 0 Å². The molecule has 0 aliphatic carbocycles. The molecule has 1 aliphatic rings. The van der Waals surface area contributed by atoms with Crippen LogP contribution in [0.4, 0.5) is 4.39 Å². The van der Waals surface area contributed by atoms with Crippen molar-refractivity contribution in [3.8, 4) is 0 Å². The molecule has 2 N–H and O–H groups in total. The van der Waals surface area contributed by atoms with E-state index < -0.39 is 0 Å². The van der Waals surface area contributed by atoms with Gasteiger partial charge in [-0.2, -0.15) is 0 Å². The second-order valence-corrected chi connectivity index (χ2v) is 4.46. The van der Waals surface area contributed by atoms with Gasteiger partial charge in [-0.05, 0) is 44.5 Å². The number of nitrogens with zero attached hydrogens (tertiary/aromatic N) is 2. The zero-order chi connectivity index (χ0) is 11.5. The normalized spacial score (nSPS) is 23.6. The monoisotopic (exact) mass is 223 g/mol. The summed E-state index contributed by atoms with van der Waals surface area (Å²) in [4.78, 5) is 6.48. The van der Waals surface area contributed by atoms with E-state index in [1.807, 2.05) is 0 Å². The van der Waals surface area contributed by atoms with Crippen LogP contribution in [-0.4, -0.2) is 29.5 Å². The largest absolute Gasteiger partial charge is 0.330 e. The molecule has 1 aromatic heterocycles. The summed E-state index contributed by atoms with van der Waals surface area (Å²) >= 11 is 0. The maximum atomic E-state index is 12.8. The molecule has 1 fully saturated rings. The fourth-order valence-corrected chi connectivity index (χ4v) is 2.23. The number of nitrogens with two attached hydrogens (primary N) is 1. The topological polar surface area (TPSA) is 42.2 Å². The highest BCUT2D eigenvalue weighted by molar-refractivity contribution is 5.09. The Morgan fingerprint density at radius 2 is 2.44 bits per heavy atom. The van der Waals surface area contributed by atoms with Crippen LogP contribution in [0.25, 0.3) is 0 Å². The van der Waals surface area contributed by atoms with Crippen molar-refractivity contribution >= 4 is 0 Å². The van der Waals surface area contributed by atoms with Crippen LogP contribution in [0.15, 0.2) is 18.3 Å². The molecule has 0 saturated carbocycles. The van der Waals surface area contributed by atoms with E-state index >= 15 is 0 Å². The average Bonchev–Trinajstić information content (AvgIpc) is 2.77. The quantitative estimate of drug-likeness (QED) is 0.845. The van der Waals surface area contributed by atoms with E-state index in [4.69, 9.17) is 5.73 Å². The van der Waals surface area contributed by atoms with E-state index in [9.17, 15) is 4.39 Å². The third-order valence-corrected chi connectivity index (χ3v) is 3.38. The number of aromatic nitrogens is 1. The summed E-state index contributed by atoms with van der Waals surface area (Å²) < 4.78 is 12.8. The maximum Gasteiger partial charge on any atom is 0.141 e. The highest BCUT2D eigenvalue weighted by Crippen LogP contribution is 2.25. The standard InChI is InChI=1S/C12H18FN3/c1-9(12-3-2-11(13)7-15-12)16-5-4-10(6-14)8-16/h2-3,7,9-10H,4-6,8,14H2,1H3. The predicted octanol–water partition coefficient (Wildman–Crippen LogP) is 1.56. The first-order chi connectivity index (χ1) is 7.70. The lowest BCUT2D eigenvalue weighted by atomic mass is 10.1. The van der Waals surface area contributed by atoms with Crippen molar-refractivity contribution in [2.75, 3.05) is 19.6 Å². The zero-order valence-corrected chi connectivity index (χ0v) is 9.56. The highest BCUT2D eigenvalue weighted by Gasteiger charge is 2.26. The van der Waals surface area contributed by atoms with Crippen LogP contribution in [0.3, 0.4) is 0 Å². The first-order valence-electron chi connectivity index (χ1n) is 5.76. The van der Waals surface area contributed by atoms with E-state index in [-0.39, 0.29) is 11.9 Å². The van der Waals surface area contributed by atoms with Gasteiger partial charge in [0.1, 0.15) is 5.82 Å².